The highest BCUT2D eigenvalue weighted by molar-refractivity contribution is 6.40. The average molecular weight is 216 g/mol. The van der Waals surface area contributed by atoms with Crippen LogP contribution in [0.5, 0.6) is 0 Å². The van der Waals surface area contributed by atoms with E-state index in [4.69, 9.17) is 0 Å². The fraction of sp³-hybridized carbons (Fsp3) is 0.429. The highest BCUT2D eigenvalue weighted by atomic mass is 14.8. The number of aryl methyl sites for hydroxylation is 1. The Balaban J connectivity index is 2.32. The summed E-state index contributed by atoms with van der Waals surface area (Å²) in [6, 6.07) is 10.5. The molecular formula is C14H20N2. The Kier molecular flexibility index (Phi) is 5.48. The lowest BCUT2D eigenvalue weighted by Gasteiger charge is -2.00. The molecule has 0 fully saturated rings. The second-order valence-corrected chi connectivity index (χ2v) is 3.87. The molecule has 0 amide bonds. The van der Waals surface area contributed by atoms with Gasteiger partial charge >= 0.3 is 0 Å². The molecule has 0 radical (unpaired) electrons. The van der Waals surface area contributed by atoms with Gasteiger partial charge in [0.2, 0.25) is 0 Å². The first-order valence-electron chi connectivity index (χ1n) is 5.72. The predicted molar refractivity (Wildman–Crippen MR) is 71.8 cm³/mol. The molecule has 0 saturated carbocycles. The van der Waals surface area contributed by atoms with E-state index in [9.17, 15) is 0 Å². The molecule has 0 aliphatic heterocycles. The Bertz CT molecular complexity index is 364. The van der Waals surface area contributed by atoms with Crippen molar-refractivity contribution in [3.05, 3.63) is 35.9 Å². The SMILES string of the molecule is CN=C(C)C(C)=NCCCc1ccccc1. The molecule has 0 heterocycles. The second kappa shape index (κ2) is 6.94. The molecule has 0 unspecified atom stereocenters. The van der Waals surface area contributed by atoms with Crippen molar-refractivity contribution in [2.75, 3.05) is 13.6 Å². The molecule has 1 aromatic carbocycles. The highest BCUT2D eigenvalue weighted by Gasteiger charge is 1.95. The molecule has 0 spiro atoms. The van der Waals surface area contributed by atoms with Crippen LogP contribution in [0.1, 0.15) is 25.8 Å². The lowest BCUT2D eigenvalue weighted by Crippen LogP contribution is -2.06. The molecule has 0 atom stereocenters. The molecule has 1 rings (SSSR count). The Morgan fingerprint density at radius 1 is 1.06 bits per heavy atom. The van der Waals surface area contributed by atoms with Gasteiger partial charge in [-0.2, -0.15) is 0 Å². The molecule has 0 aromatic heterocycles. The summed E-state index contributed by atoms with van der Waals surface area (Å²) in [5.74, 6) is 0. The summed E-state index contributed by atoms with van der Waals surface area (Å²) in [7, 11) is 1.80. The Morgan fingerprint density at radius 3 is 2.38 bits per heavy atom. The topological polar surface area (TPSA) is 24.7 Å². The monoisotopic (exact) mass is 216 g/mol. The zero-order valence-corrected chi connectivity index (χ0v) is 10.4. The minimum Gasteiger partial charge on any atom is -0.292 e. The molecule has 86 valence electrons. The molecular weight excluding hydrogens is 196 g/mol. The second-order valence-electron chi connectivity index (χ2n) is 3.87. The highest BCUT2D eigenvalue weighted by Crippen LogP contribution is 2.02. The third-order valence-electron chi connectivity index (χ3n) is 2.67. The van der Waals surface area contributed by atoms with Gasteiger partial charge in [-0.25, -0.2) is 0 Å². The fourth-order valence-electron chi connectivity index (χ4n) is 1.45. The summed E-state index contributed by atoms with van der Waals surface area (Å²) in [4.78, 5) is 8.61. The first-order chi connectivity index (χ1) is 7.74. The zero-order valence-electron chi connectivity index (χ0n) is 10.4. The predicted octanol–water partition coefficient (Wildman–Crippen LogP) is 3.17. The van der Waals surface area contributed by atoms with E-state index in [1.165, 1.54) is 5.56 Å². The third-order valence-corrected chi connectivity index (χ3v) is 2.67. The number of hydrogen-bond donors (Lipinski definition) is 0. The van der Waals surface area contributed by atoms with E-state index in [2.05, 4.69) is 34.3 Å². The summed E-state index contributed by atoms with van der Waals surface area (Å²) in [5, 5.41) is 0. The average Bonchev–Trinajstić information content (AvgIpc) is 2.34. The summed E-state index contributed by atoms with van der Waals surface area (Å²) in [6.07, 6.45) is 2.19. The van der Waals surface area contributed by atoms with Gasteiger partial charge in [-0.15, -0.1) is 0 Å². The smallest absolute Gasteiger partial charge is 0.0524 e. The van der Waals surface area contributed by atoms with E-state index in [0.717, 1.165) is 30.8 Å². The van der Waals surface area contributed by atoms with Crippen molar-refractivity contribution in [2.45, 2.75) is 26.7 Å². The first-order valence-corrected chi connectivity index (χ1v) is 5.72. The number of hydrogen-bond acceptors (Lipinski definition) is 2. The van der Waals surface area contributed by atoms with Crippen LogP contribution < -0.4 is 0 Å². The van der Waals surface area contributed by atoms with Crippen LogP contribution in [0.2, 0.25) is 0 Å². The molecule has 0 aliphatic rings. The van der Waals surface area contributed by atoms with Crippen molar-refractivity contribution in [1.82, 2.24) is 0 Å². The van der Waals surface area contributed by atoms with Crippen LogP contribution in [0.3, 0.4) is 0 Å². The van der Waals surface area contributed by atoms with Crippen LogP contribution in [-0.2, 0) is 6.42 Å². The van der Waals surface area contributed by atoms with Crippen molar-refractivity contribution >= 4 is 11.4 Å². The maximum absolute atomic E-state index is 4.50. The van der Waals surface area contributed by atoms with Gasteiger partial charge in [-0.3, -0.25) is 9.98 Å². The van der Waals surface area contributed by atoms with Crippen molar-refractivity contribution in [1.29, 1.82) is 0 Å². The lowest BCUT2D eigenvalue weighted by molar-refractivity contribution is 0.834. The molecule has 0 bridgehead atoms. The molecule has 0 aliphatic carbocycles. The summed E-state index contributed by atoms with van der Waals surface area (Å²) >= 11 is 0. The van der Waals surface area contributed by atoms with Crippen LogP contribution >= 0.6 is 0 Å². The quantitative estimate of drug-likeness (QED) is 0.533. The lowest BCUT2D eigenvalue weighted by atomic mass is 10.1. The molecule has 0 saturated heterocycles. The zero-order chi connectivity index (χ0) is 11.8. The van der Waals surface area contributed by atoms with Gasteiger partial charge in [0.1, 0.15) is 0 Å². The first kappa shape index (κ1) is 12.6. The van der Waals surface area contributed by atoms with E-state index >= 15 is 0 Å². The van der Waals surface area contributed by atoms with Crippen LogP contribution in [0.4, 0.5) is 0 Å². The van der Waals surface area contributed by atoms with E-state index in [0.29, 0.717) is 0 Å². The van der Waals surface area contributed by atoms with E-state index in [1.807, 2.05) is 19.9 Å². The third kappa shape index (κ3) is 4.39. The number of aliphatic imine (C=N–C) groups is 2. The normalized spacial score (nSPS) is 12.9. The van der Waals surface area contributed by atoms with Gasteiger partial charge < -0.3 is 0 Å². The van der Waals surface area contributed by atoms with Gasteiger partial charge in [-0.05, 0) is 32.3 Å². The van der Waals surface area contributed by atoms with E-state index < -0.39 is 0 Å². The van der Waals surface area contributed by atoms with Gasteiger partial charge in [0.05, 0.1) is 11.4 Å². The molecule has 1 aromatic rings. The Labute approximate surface area is 98.1 Å². The van der Waals surface area contributed by atoms with Crippen molar-refractivity contribution in [2.24, 2.45) is 9.98 Å². The maximum Gasteiger partial charge on any atom is 0.0524 e. The fourth-order valence-corrected chi connectivity index (χ4v) is 1.45. The number of nitrogens with zero attached hydrogens (tertiary/aromatic N) is 2. The van der Waals surface area contributed by atoms with Crippen molar-refractivity contribution in [3.8, 4) is 0 Å². The largest absolute Gasteiger partial charge is 0.292 e. The van der Waals surface area contributed by atoms with Crippen LogP contribution in [0.15, 0.2) is 40.3 Å². The molecule has 2 heteroatoms. The minimum atomic E-state index is 0.883. The van der Waals surface area contributed by atoms with Gasteiger partial charge in [0, 0.05) is 13.6 Å². The van der Waals surface area contributed by atoms with Gasteiger partial charge in [0.25, 0.3) is 0 Å². The summed E-state index contributed by atoms with van der Waals surface area (Å²) in [6.45, 7) is 4.90. The summed E-state index contributed by atoms with van der Waals surface area (Å²) < 4.78 is 0. The number of benzene rings is 1. The van der Waals surface area contributed by atoms with E-state index in [-0.39, 0.29) is 0 Å². The Morgan fingerprint density at radius 2 is 1.75 bits per heavy atom. The van der Waals surface area contributed by atoms with Crippen molar-refractivity contribution in [3.63, 3.8) is 0 Å². The van der Waals surface area contributed by atoms with Gasteiger partial charge in [-0.1, -0.05) is 30.3 Å². The van der Waals surface area contributed by atoms with Gasteiger partial charge in [0.15, 0.2) is 0 Å². The standard InChI is InChI=1S/C14H20N2/c1-12(15-3)13(2)16-11-7-10-14-8-5-4-6-9-14/h4-6,8-9H,7,10-11H2,1-3H3. The molecule has 0 N–H and O–H groups in total. The van der Waals surface area contributed by atoms with E-state index in [1.54, 1.807) is 7.05 Å². The van der Waals surface area contributed by atoms with Crippen LogP contribution in [-0.4, -0.2) is 25.0 Å². The minimum absolute atomic E-state index is 0.883. The van der Waals surface area contributed by atoms with Crippen molar-refractivity contribution < 1.29 is 0 Å². The molecule has 16 heavy (non-hydrogen) atoms. The van der Waals surface area contributed by atoms with Crippen LogP contribution in [0.25, 0.3) is 0 Å². The Hall–Kier alpha value is -1.44. The molecule has 2 nitrogen and oxygen atoms in total. The number of rotatable bonds is 5. The maximum atomic E-state index is 4.50. The van der Waals surface area contributed by atoms with Crippen LogP contribution in [0, 0.1) is 0 Å². The summed E-state index contributed by atoms with van der Waals surface area (Å²) in [5.41, 5.74) is 3.46.